The highest BCUT2D eigenvalue weighted by molar-refractivity contribution is 6.31. The van der Waals surface area contributed by atoms with Gasteiger partial charge in [0.1, 0.15) is 11.6 Å². The van der Waals surface area contributed by atoms with Crippen molar-refractivity contribution in [2.75, 3.05) is 17.7 Å². The number of hydrogen-bond acceptors (Lipinski definition) is 3. The molecular weight excluding hydrogens is 359 g/mol. The molecule has 2 aromatic carbocycles. The van der Waals surface area contributed by atoms with Crippen LogP contribution < -0.4 is 15.4 Å². The zero-order chi connectivity index (χ0) is 18.5. The van der Waals surface area contributed by atoms with Crippen molar-refractivity contribution in [3.05, 3.63) is 71.3 Å². The minimum Gasteiger partial charge on any atom is -0.497 e. The summed E-state index contributed by atoms with van der Waals surface area (Å²) in [5.41, 5.74) is 1.85. The van der Waals surface area contributed by atoms with Crippen LogP contribution in [0.2, 0.25) is 5.02 Å². The summed E-state index contributed by atoms with van der Waals surface area (Å²) in [6.45, 7) is 0.359. The Morgan fingerprint density at radius 2 is 2.04 bits per heavy atom. The molecule has 8 heteroatoms. The Balaban J connectivity index is 1.61. The number of aromatic nitrogens is 2. The summed E-state index contributed by atoms with van der Waals surface area (Å²) in [4.78, 5) is 12.1. The summed E-state index contributed by atoms with van der Waals surface area (Å²) < 4.78 is 19.8. The second kappa shape index (κ2) is 7.88. The maximum Gasteiger partial charge on any atom is 0.323 e. The Kier molecular flexibility index (Phi) is 5.38. The van der Waals surface area contributed by atoms with Crippen molar-refractivity contribution < 1.29 is 13.9 Å². The fourth-order valence-corrected chi connectivity index (χ4v) is 2.56. The summed E-state index contributed by atoms with van der Waals surface area (Å²) in [7, 11) is 1.56. The van der Waals surface area contributed by atoms with Gasteiger partial charge in [-0.05, 0) is 29.8 Å². The van der Waals surface area contributed by atoms with Crippen LogP contribution in [0.1, 0.15) is 5.56 Å². The van der Waals surface area contributed by atoms with E-state index in [0.29, 0.717) is 28.7 Å². The zero-order valence-electron chi connectivity index (χ0n) is 13.9. The highest BCUT2D eigenvalue weighted by atomic mass is 35.5. The average Bonchev–Trinajstić information content (AvgIpc) is 3.04. The van der Waals surface area contributed by atoms with Crippen LogP contribution in [0.5, 0.6) is 5.75 Å². The Morgan fingerprint density at radius 3 is 2.81 bits per heavy atom. The number of rotatable bonds is 5. The van der Waals surface area contributed by atoms with Gasteiger partial charge in [0.25, 0.3) is 0 Å². The van der Waals surface area contributed by atoms with Crippen molar-refractivity contribution in [3.63, 3.8) is 0 Å². The van der Waals surface area contributed by atoms with Crippen molar-refractivity contribution in [1.29, 1.82) is 0 Å². The van der Waals surface area contributed by atoms with E-state index in [2.05, 4.69) is 15.7 Å². The smallest absolute Gasteiger partial charge is 0.323 e. The molecule has 0 bridgehead atoms. The topological polar surface area (TPSA) is 68.2 Å². The molecule has 0 spiro atoms. The molecule has 3 aromatic rings. The highest BCUT2D eigenvalue weighted by Gasteiger charge is 2.08. The predicted molar refractivity (Wildman–Crippen MR) is 98.4 cm³/mol. The average molecular weight is 375 g/mol. The fourth-order valence-electron chi connectivity index (χ4n) is 2.33. The molecule has 0 aliphatic rings. The Labute approximate surface area is 154 Å². The lowest BCUT2D eigenvalue weighted by molar-refractivity contribution is 0.262. The van der Waals surface area contributed by atoms with E-state index in [1.807, 2.05) is 0 Å². The van der Waals surface area contributed by atoms with Gasteiger partial charge in [-0.3, -0.25) is 4.68 Å². The molecule has 2 amide bonds. The summed E-state index contributed by atoms with van der Waals surface area (Å²) in [6, 6.07) is 10.8. The molecule has 0 saturated heterocycles. The lowest BCUT2D eigenvalue weighted by Gasteiger charge is -2.07. The first kappa shape index (κ1) is 17.8. The Hall–Kier alpha value is -3.06. The molecule has 0 aliphatic carbocycles. The van der Waals surface area contributed by atoms with Crippen molar-refractivity contribution in [3.8, 4) is 5.75 Å². The second-order valence-electron chi connectivity index (χ2n) is 5.47. The SMILES string of the molecule is COc1cccc(NC(=O)Nc2cnn(Cc3ccc(F)cc3Cl)c2)c1. The monoisotopic (exact) mass is 374 g/mol. The van der Waals surface area contributed by atoms with Gasteiger partial charge in [-0.2, -0.15) is 5.10 Å². The van der Waals surface area contributed by atoms with E-state index in [-0.39, 0.29) is 0 Å². The first-order valence-corrected chi connectivity index (χ1v) is 8.10. The molecule has 134 valence electrons. The van der Waals surface area contributed by atoms with E-state index in [9.17, 15) is 9.18 Å². The molecule has 0 radical (unpaired) electrons. The van der Waals surface area contributed by atoms with Crippen LogP contribution in [-0.4, -0.2) is 22.9 Å². The van der Waals surface area contributed by atoms with Gasteiger partial charge in [-0.1, -0.05) is 23.7 Å². The number of halogens is 2. The summed E-state index contributed by atoms with van der Waals surface area (Å²) in [6.07, 6.45) is 3.17. The summed E-state index contributed by atoms with van der Waals surface area (Å²) in [5.74, 6) is 0.252. The van der Waals surface area contributed by atoms with Crippen molar-refractivity contribution in [2.45, 2.75) is 6.54 Å². The van der Waals surface area contributed by atoms with Gasteiger partial charge in [0, 0.05) is 23.0 Å². The number of hydrogen-bond donors (Lipinski definition) is 2. The zero-order valence-corrected chi connectivity index (χ0v) is 14.6. The van der Waals surface area contributed by atoms with E-state index in [0.717, 1.165) is 5.56 Å². The number of nitrogens with one attached hydrogen (secondary N) is 2. The molecule has 1 aromatic heterocycles. The number of urea groups is 1. The van der Waals surface area contributed by atoms with Crippen LogP contribution >= 0.6 is 11.6 Å². The van der Waals surface area contributed by atoms with E-state index < -0.39 is 11.8 Å². The van der Waals surface area contributed by atoms with Crippen molar-refractivity contribution in [1.82, 2.24) is 9.78 Å². The van der Waals surface area contributed by atoms with Crippen LogP contribution in [0.3, 0.4) is 0 Å². The van der Waals surface area contributed by atoms with Gasteiger partial charge >= 0.3 is 6.03 Å². The Bertz CT molecular complexity index is 929. The third-order valence-electron chi connectivity index (χ3n) is 3.57. The number of benzene rings is 2. The standard InChI is InChI=1S/C18H16ClFN4O2/c1-26-16-4-2-3-14(8-16)22-18(25)23-15-9-21-24(11-15)10-12-5-6-13(20)7-17(12)19/h2-9,11H,10H2,1H3,(H2,22,23,25). The van der Waals surface area contributed by atoms with Gasteiger partial charge in [0.15, 0.2) is 0 Å². The molecule has 26 heavy (non-hydrogen) atoms. The number of methoxy groups -OCH3 is 1. The largest absolute Gasteiger partial charge is 0.497 e. The number of nitrogens with zero attached hydrogens (tertiary/aromatic N) is 2. The molecule has 0 saturated carbocycles. The number of carbonyl (C=O) groups is 1. The molecule has 0 aliphatic heterocycles. The van der Waals surface area contributed by atoms with Gasteiger partial charge in [-0.25, -0.2) is 9.18 Å². The molecule has 0 unspecified atom stereocenters. The van der Waals surface area contributed by atoms with Gasteiger partial charge in [0.2, 0.25) is 0 Å². The van der Waals surface area contributed by atoms with Gasteiger partial charge < -0.3 is 15.4 Å². The van der Waals surface area contributed by atoms with Crippen molar-refractivity contribution >= 4 is 29.0 Å². The predicted octanol–water partition coefficient (Wildman–Crippen LogP) is 4.38. The maximum absolute atomic E-state index is 13.1. The van der Waals surface area contributed by atoms with Crippen LogP contribution in [-0.2, 0) is 6.54 Å². The third-order valence-corrected chi connectivity index (χ3v) is 3.92. The minimum absolute atomic E-state index is 0.325. The van der Waals surface area contributed by atoms with Crippen LogP contribution in [0.15, 0.2) is 54.9 Å². The fraction of sp³-hybridized carbons (Fsp3) is 0.111. The highest BCUT2D eigenvalue weighted by Crippen LogP contribution is 2.19. The Morgan fingerprint density at radius 1 is 1.23 bits per heavy atom. The second-order valence-corrected chi connectivity index (χ2v) is 5.88. The summed E-state index contributed by atoms with van der Waals surface area (Å²) >= 11 is 6.01. The van der Waals surface area contributed by atoms with E-state index >= 15 is 0 Å². The normalized spacial score (nSPS) is 10.4. The first-order valence-electron chi connectivity index (χ1n) is 7.72. The number of anilines is 2. The molecule has 0 fully saturated rings. The van der Waals surface area contributed by atoms with Crippen LogP contribution in [0.25, 0.3) is 0 Å². The van der Waals surface area contributed by atoms with Crippen LogP contribution in [0.4, 0.5) is 20.6 Å². The molecule has 6 nitrogen and oxygen atoms in total. The van der Waals surface area contributed by atoms with Crippen LogP contribution in [0, 0.1) is 5.82 Å². The lowest BCUT2D eigenvalue weighted by Crippen LogP contribution is -2.19. The lowest BCUT2D eigenvalue weighted by atomic mass is 10.2. The number of amides is 2. The summed E-state index contributed by atoms with van der Waals surface area (Å²) in [5, 5.41) is 9.89. The molecule has 0 atom stereocenters. The molecule has 1 heterocycles. The van der Waals surface area contributed by atoms with Gasteiger partial charge in [-0.15, -0.1) is 0 Å². The first-order chi connectivity index (χ1) is 12.5. The molecule has 3 rings (SSSR count). The quantitative estimate of drug-likeness (QED) is 0.696. The van der Waals surface area contributed by atoms with E-state index in [4.69, 9.17) is 16.3 Å². The maximum atomic E-state index is 13.1. The third kappa shape index (κ3) is 4.52. The minimum atomic E-state index is -0.405. The van der Waals surface area contributed by atoms with E-state index in [1.165, 1.54) is 18.3 Å². The molecular formula is C18H16ClFN4O2. The molecule has 2 N–H and O–H groups in total. The van der Waals surface area contributed by atoms with E-state index in [1.54, 1.807) is 48.3 Å². The number of carbonyl (C=O) groups excluding carboxylic acids is 1. The van der Waals surface area contributed by atoms with Crippen molar-refractivity contribution in [2.24, 2.45) is 0 Å². The number of ether oxygens (including phenoxy) is 1. The van der Waals surface area contributed by atoms with Gasteiger partial charge in [0.05, 0.1) is 25.5 Å².